The summed E-state index contributed by atoms with van der Waals surface area (Å²) < 4.78 is 21.4. The van der Waals surface area contributed by atoms with Gasteiger partial charge in [-0.3, -0.25) is 4.74 Å². The van der Waals surface area contributed by atoms with Gasteiger partial charge in [0, 0.05) is 13.5 Å². The Kier molecular flexibility index (Phi) is 3.69. The summed E-state index contributed by atoms with van der Waals surface area (Å²) in [7, 11) is 0. The van der Waals surface area contributed by atoms with Crippen LogP contribution in [0.15, 0.2) is 0 Å². The van der Waals surface area contributed by atoms with E-state index in [9.17, 15) is 10.2 Å². The second kappa shape index (κ2) is 4.77. The van der Waals surface area contributed by atoms with Crippen LogP contribution in [-0.4, -0.2) is 65.2 Å². The summed E-state index contributed by atoms with van der Waals surface area (Å²) in [5.41, 5.74) is 0. The molecule has 0 amide bonds. The van der Waals surface area contributed by atoms with E-state index in [0.717, 1.165) is 0 Å². The third kappa shape index (κ3) is 2.32. The van der Waals surface area contributed by atoms with E-state index < -0.39 is 43.3 Å². The van der Waals surface area contributed by atoms with Crippen LogP contribution in [0.25, 0.3) is 0 Å². The normalized spacial score (nSPS) is 50.3. The highest BCUT2D eigenvalue weighted by molar-refractivity contribution is 4.93. The highest BCUT2D eigenvalue weighted by atomic mass is 16.9. The average Bonchev–Trinajstić information content (AvgIpc) is 2.61. The Morgan fingerprint density at radius 2 is 1.94 bits per heavy atom. The van der Waals surface area contributed by atoms with Crippen molar-refractivity contribution in [1.29, 1.82) is 0 Å². The van der Waals surface area contributed by atoms with Crippen molar-refractivity contribution in [3.05, 3.63) is 0 Å². The lowest BCUT2D eigenvalue weighted by Crippen LogP contribution is -2.57. The molecule has 0 aromatic carbocycles. The lowest BCUT2D eigenvalue weighted by Gasteiger charge is -2.36. The third-order valence-corrected chi connectivity index (χ3v) is 2.91. The van der Waals surface area contributed by atoms with Gasteiger partial charge in [-0.2, -0.15) is 0 Å². The van der Waals surface area contributed by atoms with Crippen molar-refractivity contribution in [2.45, 2.75) is 50.5 Å². The fourth-order valence-corrected chi connectivity index (χ4v) is 2.09. The first kappa shape index (κ1) is 13.2. The average molecular weight is 250 g/mol. The van der Waals surface area contributed by atoms with E-state index in [0.29, 0.717) is 6.61 Å². The molecular formula is C10H18O7. The lowest BCUT2D eigenvalue weighted by atomic mass is 9.99. The van der Waals surface area contributed by atoms with Crippen LogP contribution in [0.5, 0.6) is 0 Å². The molecule has 2 fully saturated rings. The van der Waals surface area contributed by atoms with E-state index in [1.54, 1.807) is 13.8 Å². The maximum Gasteiger partial charge on any atom is 0.282 e. The summed E-state index contributed by atoms with van der Waals surface area (Å²) in [6.07, 6.45) is -4.98. The Morgan fingerprint density at radius 1 is 1.24 bits per heavy atom. The highest BCUT2D eigenvalue weighted by Crippen LogP contribution is 2.36. The number of aliphatic hydroxyl groups excluding tert-OH is 3. The standard InChI is InChI=1S/C10H18O7/c1-3-14-10(2)16-8-7(13)6(12)5(4-11)15-9(8)17-10/h5-9,11-13H,3-4H2,1-2H3/t5-,6+,7+,8-,9+,10+/m1/s1. The number of rotatable bonds is 3. The molecule has 100 valence electrons. The van der Waals surface area contributed by atoms with E-state index in [2.05, 4.69) is 0 Å². The van der Waals surface area contributed by atoms with Gasteiger partial charge in [0.25, 0.3) is 5.97 Å². The molecule has 7 nitrogen and oxygen atoms in total. The van der Waals surface area contributed by atoms with Crippen molar-refractivity contribution in [2.24, 2.45) is 0 Å². The van der Waals surface area contributed by atoms with E-state index >= 15 is 0 Å². The highest BCUT2D eigenvalue weighted by Gasteiger charge is 2.55. The molecule has 0 aromatic rings. The first-order chi connectivity index (χ1) is 8.00. The fraction of sp³-hybridized carbons (Fsp3) is 1.00. The number of hydrogen-bond donors (Lipinski definition) is 3. The van der Waals surface area contributed by atoms with Crippen molar-refractivity contribution in [3.63, 3.8) is 0 Å². The molecule has 6 atom stereocenters. The zero-order valence-corrected chi connectivity index (χ0v) is 9.78. The minimum absolute atomic E-state index is 0.373. The lowest BCUT2D eigenvalue weighted by molar-refractivity contribution is -0.342. The molecule has 0 bridgehead atoms. The van der Waals surface area contributed by atoms with Gasteiger partial charge in [0.2, 0.25) is 0 Å². The van der Waals surface area contributed by atoms with Crippen LogP contribution < -0.4 is 0 Å². The van der Waals surface area contributed by atoms with Gasteiger partial charge in [-0.25, -0.2) is 0 Å². The van der Waals surface area contributed by atoms with Crippen molar-refractivity contribution >= 4 is 0 Å². The molecule has 2 rings (SSSR count). The maximum atomic E-state index is 9.85. The molecule has 0 unspecified atom stereocenters. The summed E-state index contributed by atoms with van der Waals surface area (Å²) in [5, 5.41) is 28.5. The molecular weight excluding hydrogens is 232 g/mol. The first-order valence-electron chi connectivity index (χ1n) is 5.63. The monoisotopic (exact) mass is 250 g/mol. The second-order valence-electron chi connectivity index (χ2n) is 4.20. The minimum Gasteiger partial charge on any atom is -0.394 e. The molecule has 0 aromatic heterocycles. The third-order valence-electron chi connectivity index (χ3n) is 2.91. The van der Waals surface area contributed by atoms with Gasteiger partial charge in [0.1, 0.15) is 24.4 Å². The zero-order valence-electron chi connectivity index (χ0n) is 9.78. The van der Waals surface area contributed by atoms with E-state index in [1.165, 1.54) is 0 Å². The van der Waals surface area contributed by atoms with Gasteiger partial charge < -0.3 is 29.5 Å². The predicted octanol–water partition coefficient (Wildman–Crippen LogP) is -1.45. The Morgan fingerprint density at radius 3 is 2.53 bits per heavy atom. The molecule has 17 heavy (non-hydrogen) atoms. The largest absolute Gasteiger partial charge is 0.394 e. The molecule has 2 saturated heterocycles. The topological polar surface area (TPSA) is 97.6 Å². The summed E-state index contributed by atoms with van der Waals surface area (Å²) in [5.74, 6) is -1.30. The van der Waals surface area contributed by atoms with Crippen LogP contribution in [0.4, 0.5) is 0 Å². The zero-order chi connectivity index (χ0) is 12.6. The summed E-state index contributed by atoms with van der Waals surface area (Å²) in [4.78, 5) is 0. The van der Waals surface area contributed by atoms with Crippen molar-refractivity contribution in [2.75, 3.05) is 13.2 Å². The Bertz CT molecular complexity index is 273. The molecule has 0 saturated carbocycles. The number of fused-ring (bicyclic) bond motifs is 1. The van der Waals surface area contributed by atoms with Crippen molar-refractivity contribution in [1.82, 2.24) is 0 Å². The quantitative estimate of drug-likeness (QED) is 0.563. The van der Waals surface area contributed by atoms with Gasteiger partial charge >= 0.3 is 0 Å². The molecule has 7 heteroatoms. The predicted molar refractivity (Wildman–Crippen MR) is 53.7 cm³/mol. The van der Waals surface area contributed by atoms with Gasteiger partial charge in [-0.1, -0.05) is 0 Å². The van der Waals surface area contributed by atoms with Crippen molar-refractivity contribution < 1.29 is 34.3 Å². The first-order valence-corrected chi connectivity index (χ1v) is 5.63. The number of ether oxygens (including phenoxy) is 4. The molecule has 3 N–H and O–H groups in total. The van der Waals surface area contributed by atoms with Gasteiger partial charge in [0.05, 0.1) is 6.61 Å². The fourth-order valence-electron chi connectivity index (χ4n) is 2.09. The van der Waals surface area contributed by atoms with Gasteiger partial charge in [-0.05, 0) is 6.92 Å². The molecule has 2 aliphatic heterocycles. The molecule has 0 aliphatic carbocycles. The van der Waals surface area contributed by atoms with Crippen LogP contribution in [0, 0.1) is 0 Å². The number of aliphatic hydroxyl groups is 3. The summed E-state index contributed by atoms with van der Waals surface area (Å²) in [6, 6.07) is 0. The summed E-state index contributed by atoms with van der Waals surface area (Å²) in [6.45, 7) is 3.31. The van der Waals surface area contributed by atoms with Crippen LogP contribution in [0.2, 0.25) is 0 Å². The van der Waals surface area contributed by atoms with Gasteiger partial charge in [0.15, 0.2) is 6.29 Å². The van der Waals surface area contributed by atoms with E-state index in [1.807, 2.05) is 0 Å². The SMILES string of the molecule is CCO[C@]1(C)O[C@@H]2O[C@H](CO)[C@H](O)[C@H](O)[C@H]2O1. The number of hydrogen-bond acceptors (Lipinski definition) is 7. The Hall–Kier alpha value is -0.280. The molecule has 0 radical (unpaired) electrons. The molecule has 0 spiro atoms. The van der Waals surface area contributed by atoms with Crippen LogP contribution >= 0.6 is 0 Å². The van der Waals surface area contributed by atoms with Gasteiger partial charge in [-0.15, -0.1) is 0 Å². The smallest absolute Gasteiger partial charge is 0.282 e. The van der Waals surface area contributed by atoms with E-state index in [-0.39, 0.29) is 0 Å². The summed E-state index contributed by atoms with van der Waals surface area (Å²) >= 11 is 0. The maximum absolute atomic E-state index is 9.85. The second-order valence-corrected chi connectivity index (χ2v) is 4.20. The van der Waals surface area contributed by atoms with Crippen LogP contribution in [0.1, 0.15) is 13.8 Å². The minimum atomic E-state index is -1.30. The van der Waals surface area contributed by atoms with Crippen LogP contribution in [0.3, 0.4) is 0 Å². The van der Waals surface area contributed by atoms with Crippen LogP contribution in [-0.2, 0) is 18.9 Å². The molecule has 2 heterocycles. The Labute approximate surface area is 98.8 Å². The van der Waals surface area contributed by atoms with E-state index in [4.69, 9.17) is 24.1 Å². The molecule has 2 aliphatic rings. The Balaban J connectivity index is 2.09. The van der Waals surface area contributed by atoms with Crippen molar-refractivity contribution in [3.8, 4) is 0 Å².